The topological polar surface area (TPSA) is 87.8 Å². The van der Waals surface area contributed by atoms with E-state index in [1.807, 2.05) is 12.1 Å². The third-order valence-electron chi connectivity index (χ3n) is 5.80. The first kappa shape index (κ1) is 22.1. The number of hydrogen-bond acceptors (Lipinski definition) is 5. The van der Waals surface area contributed by atoms with Crippen molar-refractivity contribution in [3.05, 3.63) is 105 Å². The Hall–Kier alpha value is -3.68. The van der Waals surface area contributed by atoms with Crippen LogP contribution in [0.5, 0.6) is 0 Å². The second-order valence-corrected chi connectivity index (χ2v) is 8.75. The molecule has 1 saturated heterocycles. The van der Waals surface area contributed by atoms with Crippen LogP contribution in [0.3, 0.4) is 0 Å². The zero-order valence-electron chi connectivity index (χ0n) is 17.9. The van der Waals surface area contributed by atoms with Gasteiger partial charge in [-0.15, -0.1) is 0 Å². The Kier molecular flexibility index (Phi) is 5.59. The van der Waals surface area contributed by atoms with Crippen molar-refractivity contribution in [2.75, 3.05) is 0 Å². The number of amides is 1. The summed E-state index contributed by atoms with van der Waals surface area (Å²) in [5.41, 5.74) is 2.72. The van der Waals surface area contributed by atoms with Crippen LogP contribution in [0.2, 0.25) is 10.0 Å². The number of aliphatic hydroxyl groups excluding tert-OH is 1. The van der Waals surface area contributed by atoms with Crippen LogP contribution in [-0.2, 0) is 16.1 Å². The van der Waals surface area contributed by atoms with Crippen molar-refractivity contribution in [3.8, 4) is 0 Å². The van der Waals surface area contributed by atoms with Crippen molar-refractivity contribution in [1.82, 2.24) is 19.3 Å². The maximum Gasteiger partial charge on any atom is 0.295 e. The van der Waals surface area contributed by atoms with Crippen molar-refractivity contribution in [1.29, 1.82) is 0 Å². The lowest BCUT2D eigenvalue weighted by Crippen LogP contribution is -2.29. The normalized spacial score (nSPS) is 17.6. The van der Waals surface area contributed by atoms with Gasteiger partial charge < -0.3 is 10.0 Å². The van der Waals surface area contributed by atoms with E-state index in [1.165, 1.54) is 4.90 Å². The molecule has 170 valence electrons. The number of aliphatic hydroxyl groups is 1. The summed E-state index contributed by atoms with van der Waals surface area (Å²) in [5.74, 6) is -1.82. The van der Waals surface area contributed by atoms with Gasteiger partial charge in [0, 0.05) is 25.1 Å². The predicted octanol–water partition coefficient (Wildman–Crippen LogP) is 4.97. The first-order valence-electron chi connectivity index (χ1n) is 10.4. The summed E-state index contributed by atoms with van der Waals surface area (Å²) in [6.45, 7) is 1.86. The van der Waals surface area contributed by atoms with Crippen LogP contribution in [0.15, 0.2) is 72.7 Å². The predicted molar refractivity (Wildman–Crippen MR) is 128 cm³/mol. The second kappa shape index (κ2) is 8.59. The highest BCUT2D eigenvalue weighted by atomic mass is 35.5. The summed E-state index contributed by atoms with van der Waals surface area (Å²) in [6, 6.07) is 13.0. The summed E-state index contributed by atoms with van der Waals surface area (Å²) >= 11 is 12.4. The number of aromatic nitrogens is 3. The molecule has 3 aromatic heterocycles. The minimum atomic E-state index is -0.886. The van der Waals surface area contributed by atoms with Crippen LogP contribution < -0.4 is 0 Å². The molecule has 0 saturated carbocycles. The number of pyridine rings is 2. The molecule has 0 radical (unpaired) electrons. The Bertz CT molecular complexity index is 1480. The largest absolute Gasteiger partial charge is 0.505 e. The van der Waals surface area contributed by atoms with E-state index in [0.717, 1.165) is 5.56 Å². The smallest absolute Gasteiger partial charge is 0.295 e. The molecular formula is C25H18Cl2N4O3. The molecule has 7 nitrogen and oxygen atoms in total. The number of nitrogens with zero attached hydrogens (tertiary/aromatic N) is 4. The fraction of sp³-hybridized carbons (Fsp3) is 0.120. The Morgan fingerprint density at radius 2 is 1.91 bits per heavy atom. The number of aryl methyl sites for hydroxylation is 1. The van der Waals surface area contributed by atoms with Gasteiger partial charge in [-0.3, -0.25) is 19.0 Å². The lowest BCUT2D eigenvalue weighted by Gasteiger charge is -2.25. The Labute approximate surface area is 204 Å². The average molecular weight is 493 g/mol. The number of Topliss-reactive ketones (excluding diaryl/α,β-unsaturated/α-hetero) is 1. The SMILES string of the molecule is Cc1nc2ccccn2c1/C(O)=C1\C(=O)C(=O)N(Cc2cccnc2)C1c1ccc(Cl)c(Cl)c1. The van der Waals surface area contributed by atoms with Crippen LogP contribution in [0.4, 0.5) is 0 Å². The zero-order chi connectivity index (χ0) is 24.0. The van der Waals surface area contributed by atoms with Gasteiger partial charge >= 0.3 is 0 Å². The van der Waals surface area contributed by atoms with E-state index < -0.39 is 17.7 Å². The first-order valence-corrected chi connectivity index (χ1v) is 11.2. The fourth-order valence-corrected chi connectivity index (χ4v) is 4.59. The number of ketones is 1. The molecule has 1 aliphatic heterocycles. The van der Waals surface area contributed by atoms with Gasteiger partial charge in [0.15, 0.2) is 5.76 Å². The number of benzene rings is 1. The molecule has 1 amide bonds. The highest BCUT2D eigenvalue weighted by Gasteiger charge is 2.46. The maximum absolute atomic E-state index is 13.3. The van der Waals surface area contributed by atoms with Crippen molar-refractivity contribution in [2.24, 2.45) is 0 Å². The zero-order valence-corrected chi connectivity index (χ0v) is 19.5. The summed E-state index contributed by atoms with van der Waals surface area (Å²) < 4.78 is 1.69. The molecule has 34 heavy (non-hydrogen) atoms. The van der Waals surface area contributed by atoms with E-state index in [9.17, 15) is 14.7 Å². The number of rotatable bonds is 4. The molecule has 4 heterocycles. The highest BCUT2D eigenvalue weighted by Crippen LogP contribution is 2.42. The van der Waals surface area contributed by atoms with Gasteiger partial charge in [-0.2, -0.15) is 0 Å². The molecule has 4 aromatic rings. The maximum atomic E-state index is 13.3. The third-order valence-corrected chi connectivity index (χ3v) is 6.54. The Morgan fingerprint density at radius 3 is 2.65 bits per heavy atom. The van der Waals surface area contributed by atoms with Gasteiger partial charge in [0.2, 0.25) is 0 Å². The molecule has 1 N–H and O–H groups in total. The third kappa shape index (κ3) is 3.63. The van der Waals surface area contributed by atoms with E-state index in [2.05, 4.69) is 9.97 Å². The molecule has 1 unspecified atom stereocenters. The highest BCUT2D eigenvalue weighted by molar-refractivity contribution is 6.46. The molecule has 1 aliphatic rings. The molecule has 5 rings (SSSR count). The quantitative estimate of drug-likeness (QED) is 0.247. The van der Waals surface area contributed by atoms with Gasteiger partial charge in [-0.25, -0.2) is 4.98 Å². The Balaban J connectivity index is 1.73. The van der Waals surface area contributed by atoms with Gasteiger partial charge in [-0.05, 0) is 48.4 Å². The average Bonchev–Trinajstić information content (AvgIpc) is 3.29. The van der Waals surface area contributed by atoms with Crippen LogP contribution in [0.25, 0.3) is 11.4 Å². The summed E-state index contributed by atoms with van der Waals surface area (Å²) in [6.07, 6.45) is 4.99. The fourth-order valence-electron chi connectivity index (χ4n) is 4.29. The van der Waals surface area contributed by atoms with Crippen LogP contribution in [0, 0.1) is 6.92 Å². The molecule has 0 spiro atoms. The Morgan fingerprint density at radius 1 is 1.09 bits per heavy atom. The van der Waals surface area contributed by atoms with Gasteiger partial charge in [0.25, 0.3) is 11.7 Å². The number of fused-ring (bicyclic) bond motifs is 1. The monoisotopic (exact) mass is 492 g/mol. The summed E-state index contributed by atoms with van der Waals surface area (Å²) in [5, 5.41) is 12.1. The van der Waals surface area contributed by atoms with E-state index in [0.29, 0.717) is 27.6 Å². The lowest BCUT2D eigenvalue weighted by molar-refractivity contribution is -0.140. The second-order valence-electron chi connectivity index (χ2n) is 7.94. The molecule has 0 aliphatic carbocycles. The van der Waals surface area contributed by atoms with E-state index >= 15 is 0 Å². The molecule has 1 fully saturated rings. The van der Waals surface area contributed by atoms with Crippen molar-refractivity contribution in [2.45, 2.75) is 19.5 Å². The van der Waals surface area contributed by atoms with E-state index in [1.54, 1.807) is 66.3 Å². The molecule has 1 aromatic carbocycles. The minimum absolute atomic E-state index is 0.0407. The summed E-state index contributed by atoms with van der Waals surface area (Å²) in [4.78, 5) is 36.5. The van der Waals surface area contributed by atoms with Crippen LogP contribution in [-0.4, -0.2) is 36.1 Å². The van der Waals surface area contributed by atoms with E-state index in [4.69, 9.17) is 23.2 Å². The standard InChI is InChI=1S/C25H18Cl2N4O3/c1-14-21(30-10-3-2-6-19(30)29-14)23(32)20-22(16-7-8-17(26)18(27)11-16)31(25(34)24(20)33)13-15-5-4-9-28-12-15/h2-12,22,32H,13H2,1H3/b23-20+. The van der Waals surface area contributed by atoms with Gasteiger partial charge in [0.1, 0.15) is 11.3 Å². The minimum Gasteiger partial charge on any atom is -0.505 e. The number of carbonyl (C=O) groups is 2. The number of carbonyl (C=O) groups excluding carboxylic acids is 2. The number of hydrogen-bond donors (Lipinski definition) is 1. The molecule has 9 heteroatoms. The van der Waals surface area contributed by atoms with Crippen molar-refractivity contribution < 1.29 is 14.7 Å². The summed E-state index contributed by atoms with van der Waals surface area (Å²) in [7, 11) is 0. The number of halogens is 2. The van der Waals surface area contributed by atoms with Gasteiger partial charge in [-0.1, -0.05) is 41.4 Å². The van der Waals surface area contributed by atoms with Gasteiger partial charge in [0.05, 0.1) is 27.4 Å². The number of imidazole rings is 1. The molecule has 1 atom stereocenters. The first-order chi connectivity index (χ1) is 16.4. The van der Waals surface area contributed by atoms with Crippen molar-refractivity contribution >= 4 is 46.3 Å². The number of likely N-dealkylation sites (tertiary alicyclic amines) is 1. The molecule has 0 bridgehead atoms. The molecular weight excluding hydrogens is 475 g/mol. The van der Waals surface area contributed by atoms with Crippen LogP contribution in [0.1, 0.15) is 28.6 Å². The van der Waals surface area contributed by atoms with Crippen LogP contribution >= 0.6 is 23.2 Å². The van der Waals surface area contributed by atoms with Crippen molar-refractivity contribution in [3.63, 3.8) is 0 Å². The van der Waals surface area contributed by atoms with E-state index in [-0.39, 0.29) is 22.9 Å². The lowest BCUT2D eigenvalue weighted by atomic mass is 9.96.